The number of H-pyrrole nitrogens is 1. The number of rotatable bonds is 1. The minimum atomic E-state index is -3.61. The summed E-state index contributed by atoms with van der Waals surface area (Å²) < 4.78 is 33.7. The maximum Gasteiger partial charge on any atom is 0.271 e. The molecule has 2 aliphatic rings. The summed E-state index contributed by atoms with van der Waals surface area (Å²) in [5, 5.41) is 6.50. The van der Waals surface area contributed by atoms with Crippen molar-refractivity contribution in [3.05, 3.63) is 42.2 Å². The summed E-state index contributed by atoms with van der Waals surface area (Å²) in [6.45, 7) is 1.81. The molecule has 1 spiro atoms. The highest BCUT2D eigenvalue weighted by Crippen LogP contribution is 2.36. The van der Waals surface area contributed by atoms with Crippen LogP contribution < -0.4 is 9.46 Å². The number of hydrogen-bond donors (Lipinski definition) is 2. The number of carbonyl (C=O) groups is 1. The summed E-state index contributed by atoms with van der Waals surface area (Å²) in [5.74, 6) is 0.282. The van der Waals surface area contributed by atoms with Crippen LogP contribution in [0.4, 0.5) is 0 Å². The molecule has 26 heavy (non-hydrogen) atoms. The predicted octanol–water partition coefficient (Wildman–Crippen LogP) is 1.00. The van der Waals surface area contributed by atoms with Crippen LogP contribution in [0.15, 0.2) is 41.4 Å². The van der Waals surface area contributed by atoms with E-state index in [0.717, 1.165) is 0 Å². The Morgan fingerprint density at radius 3 is 2.69 bits per heavy atom. The number of sulfonamides is 1. The fraction of sp³-hybridized carbons (Fsp3) is 0.412. The molecule has 1 aromatic heterocycles. The Balaban J connectivity index is 1.50. The number of carbonyl (C=O) groups excluding carboxylic acids is 1. The number of amides is 1. The summed E-state index contributed by atoms with van der Waals surface area (Å²) >= 11 is 0. The Hall–Kier alpha value is -2.39. The van der Waals surface area contributed by atoms with Crippen molar-refractivity contribution in [3.63, 3.8) is 0 Å². The smallest absolute Gasteiger partial charge is 0.271 e. The average molecular weight is 376 g/mol. The van der Waals surface area contributed by atoms with E-state index >= 15 is 0 Å². The number of likely N-dealkylation sites (tertiary alicyclic amines) is 1. The third-order valence-corrected chi connectivity index (χ3v) is 6.59. The Kier molecular flexibility index (Phi) is 4.20. The molecule has 1 amide bonds. The summed E-state index contributed by atoms with van der Waals surface area (Å²) in [6, 6.07) is 8.30. The van der Waals surface area contributed by atoms with Crippen LogP contribution in [0.3, 0.4) is 0 Å². The van der Waals surface area contributed by atoms with Crippen LogP contribution in [0.25, 0.3) is 0 Å². The molecule has 0 bridgehead atoms. The van der Waals surface area contributed by atoms with E-state index in [1.807, 2.05) is 0 Å². The van der Waals surface area contributed by atoms with Gasteiger partial charge in [0.05, 0.1) is 6.61 Å². The lowest BCUT2D eigenvalue weighted by molar-refractivity contribution is 0.0417. The molecule has 0 radical (unpaired) electrons. The van der Waals surface area contributed by atoms with Gasteiger partial charge in [-0.25, -0.2) is 13.1 Å². The molecule has 1 aromatic carbocycles. The van der Waals surface area contributed by atoms with Gasteiger partial charge in [-0.2, -0.15) is 5.10 Å². The van der Waals surface area contributed by atoms with Gasteiger partial charge in [0, 0.05) is 31.2 Å². The first-order valence-electron chi connectivity index (χ1n) is 8.49. The molecule has 0 aliphatic carbocycles. The van der Waals surface area contributed by atoms with Crippen LogP contribution in [0.1, 0.15) is 23.3 Å². The molecular weight excluding hydrogens is 356 g/mol. The maximum atomic E-state index is 12.5. The minimum Gasteiger partial charge on any atom is -0.492 e. The fourth-order valence-electron chi connectivity index (χ4n) is 3.45. The van der Waals surface area contributed by atoms with Crippen LogP contribution in [-0.2, 0) is 10.0 Å². The van der Waals surface area contributed by atoms with Gasteiger partial charge in [0.1, 0.15) is 16.3 Å². The van der Waals surface area contributed by atoms with Crippen molar-refractivity contribution in [2.45, 2.75) is 17.7 Å². The zero-order valence-corrected chi connectivity index (χ0v) is 15.0. The highest BCUT2D eigenvalue weighted by molar-refractivity contribution is 7.89. The largest absolute Gasteiger partial charge is 0.492 e. The van der Waals surface area contributed by atoms with Gasteiger partial charge in [0.2, 0.25) is 10.0 Å². The van der Waals surface area contributed by atoms with Gasteiger partial charge in [-0.15, -0.1) is 0 Å². The molecule has 138 valence electrons. The Morgan fingerprint density at radius 1 is 1.19 bits per heavy atom. The molecule has 1 fully saturated rings. The predicted molar refractivity (Wildman–Crippen MR) is 93.3 cm³/mol. The number of benzene rings is 1. The molecule has 2 N–H and O–H groups in total. The van der Waals surface area contributed by atoms with Crippen molar-refractivity contribution < 1.29 is 17.9 Å². The Bertz CT molecular complexity index is 903. The van der Waals surface area contributed by atoms with Crippen molar-refractivity contribution in [1.82, 2.24) is 19.8 Å². The van der Waals surface area contributed by atoms with Crippen molar-refractivity contribution in [1.29, 1.82) is 0 Å². The minimum absolute atomic E-state index is 0.0879. The van der Waals surface area contributed by atoms with E-state index in [9.17, 15) is 13.2 Å². The first kappa shape index (κ1) is 17.0. The second-order valence-electron chi connectivity index (χ2n) is 6.82. The number of hydrogen-bond acceptors (Lipinski definition) is 5. The SMILES string of the molecule is O=C(c1ccn[nH]1)N1CCC2(CC1)CNS(=O)(=O)c1ccccc1OC2. The number of ether oxygens (including phenoxy) is 1. The summed E-state index contributed by atoms with van der Waals surface area (Å²) in [6.07, 6.45) is 2.88. The van der Waals surface area contributed by atoms with Gasteiger partial charge >= 0.3 is 0 Å². The Morgan fingerprint density at radius 2 is 1.96 bits per heavy atom. The molecular formula is C17H20N4O4S. The number of fused-ring (bicyclic) bond motifs is 1. The van der Waals surface area contributed by atoms with Gasteiger partial charge in [-0.1, -0.05) is 12.1 Å². The first-order valence-corrected chi connectivity index (χ1v) is 9.98. The number of piperidine rings is 1. The topological polar surface area (TPSA) is 104 Å². The van der Waals surface area contributed by atoms with E-state index in [4.69, 9.17) is 4.74 Å². The zero-order valence-electron chi connectivity index (χ0n) is 14.1. The molecule has 2 aliphatic heterocycles. The van der Waals surface area contributed by atoms with Crippen LogP contribution >= 0.6 is 0 Å². The third kappa shape index (κ3) is 3.08. The number of para-hydroxylation sites is 1. The van der Waals surface area contributed by atoms with Crippen molar-refractivity contribution in [2.24, 2.45) is 5.41 Å². The standard InChI is InChI=1S/C17H20N4O4S/c22-16(13-5-8-18-20-13)21-9-6-17(7-10-21)11-19-26(23,24)15-4-2-1-3-14(15)25-12-17/h1-5,8,19H,6-7,9-12H2,(H,18,20). The Labute approximate surface area is 151 Å². The summed E-state index contributed by atoms with van der Waals surface area (Å²) in [4.78, 5) is 14.4. The summed E-state index contributed by atoms with van der Waals surface area (Å²) in [7, 11) is -3.61. The van der Waals surface area contributed by atoms with Gasteiger partial charge in [-0.3, -0.25) is 9.89 Å². The van der Waals surface area contributed by atoms with Gasteiger partial charge in [-0.05, 0) is 31.0 Å². The normalized spacial score (nSPS) is 21.3. The van der Waals surface area contributed by atoms with Gasteiger partial charge < -0.3 is 9.64 Å². The number of aromatic amines is 1. The average Bonchev–Trinajstić information content (AvgIpc) is 3.19. The quantitative estimate of drug-likeness (QED) is 0.773. The highest BCUT2D eigenvalue weighted by atomic mass is 32.2. The molecule has 0 saturated carbocycles. The third-order valence-electron chi connectivity index (χ3n) is 5.15. The molecule has 1 saturated heterocycles. The molecule has 0 atom stereocenters. The van der Waals surface area contributed by atoms with Crippen molar-refractivity contribution >= 4 is 15.9 Å². The molecule has 8 nitrogen and oxygen atoms in total. The first-order chi connectivity index (χ1) is 12.5. The maximum absolute atomic E-state index is 12.5. The van der Waals surface area contributed by atoms with E-state index in [0.29, 0.717) is 50.5 Å². The lowest BCUT2D eigenvalue weighted by atomic mass is 9.79. The van der Waals surface area contributed by atoms with Gasteiger partial charge in [0.25, 0.3) is 5.91 Å². The fourth-order valence-corrected chi connectivity index (χ4v) is 4.75. The summed E-state index contributed by atoms with van der Waals surface area (Å²) in [5.41, 5.74) is 0.134. The van der Waals surface area contributed by atoms with Crippen LogP contribution in [0.5, 0.6) is 5.75 Å². The molecule has 3 heterocycles. The van der Waals surface area contributed by atoms with E-state index in [2.05, 4.69) is 14.9 Å². The van der Waals surface area contributed by atoms with Crippen molar-refractivity contribution in [2.75, 3.05) is 26.2 Å². The number of nitrogens with zero attached hydrogens (tertiary/aromatic N) is 2. The van der Waals surface area contributed by atoms with Crippen molar-refractivity contribution in [3.8, 4) is 5.75 Å². The van der Waals surface area contributed by atoms with Crippen LogP contribution in [-0.4, -0.2) is 55.7 Å². The second-order valence-corrected chi connectivity index (χ2v) is 8.56. The molecule has 4 rings (SSSR count). The zero-order chi connectivity index (χ0) is 18.2. The lowest BCUT2D eigenvalue weighted by Crippen LogP contribution is -2.51. The molecule has 9 heteroatoms. The monoisotopic (exact) mass is 376 g/mol. The number of aromatic nitrogens is 2. The van der Waals surface area contributed by atoms with E-state index < -0.39 is 10.0 Å². The molecule has 0 unspecified atom stereocenters. The van der Waals surface area contributed by atoms with E-state index in [1.165, 1.54) is 0 Å². The second kappa shape index (κ2) is 6.40. The van der Waals surface area contributed by atoms with Gasteiger partial charge in [0.15, 0.2) is 0 Å². The van der Waals surface area contributed by atoms with E-state index in [1.54, 1.807) is 41.4 Å². The number of nitrogens with one attached hydrogen (secondary N) is 2. The molecule has 2 aromatic rings. The van der Waals surface area contributed by atoms with Crippen LogP contribution in [0.2, 0.25) is 0 Å². The lowest BCUT2D eigenvalue weighted by Gasteiger charge is -2.42. The van der Waals surface area contributed by atoms with E-state index in [-0.39, 0.29) is 16.2 Å². The van der Waals surface area contributed by atoms with Crippen LogP contribution in [0, 0.1) is 5.41 Å². The highest BCUT2D eigenvalue weighted by Gasteiger charge is 2.40.